The molecular weight excluding hydrogens is 245 g/mol. The molecule has 2 N–H and O–H groups in total. The van der Waals surface area contributed by atoms with E-state index >= 15 is 0 Å². The van der Waals surface area contributed by atoms with E-state index in [4.69, 9.17) is 0 Å². The summed E-state index contributed by atoms with van der Waals surface area (Å²) in [5.41, 5.74) is 1.01. The van der Waals surface area contributed by atoms with E-state index in [9.17, 15) is 14.3 Å². The molecule has 3 nitrogen and oxygen atoms in total. The van der Waals surface area contributed by atoms with E-state index in [0.29, 0.717) is 13.0 Å². The van der Waals surface area contributed by atoms with Crippen LogP contribution in [0.15, 0.2) is 24.3 Å². The lowest BCUT2D eigenvalue weighted by Gasteiger charge is -2.24. The average molecular weight is 265 g/mol. The number of carbonyl (C=O) groups excluding carboxylic acids is 1. The van der Waals surface area contributed by atoms with Crippen LogP contribution in [0.4, 0.5) is 4.39 Å². The number of aliphatic hydroxyl groups is 1. The predicted octanol–water partition coefficient (Wildman–Crippen LogP) is 2.04. The van der Waals surface area contributed by atoms with Crippen molar-refractivity contribution in [3.8, 4) is 0 Å². The lowest BCUT2D eigenvalue weighted by atomic mass is 9.87. The molecule has 1 aliphatic rings. The van der Waals surface area contributed by atoms with Gasteiger partial charge in [-0.2, -0.15) is 0 Å². The van der Waals surface area contributed by atoms with Gasteiger partial charge >= 0.3 is 0 Å². The van der Waals surface area contributed by atoms with Crippen LogP contribution in [-0.4, -0.2) is 23.7 Å². The van der Waals surface area contributed by atoms with Gasteiger partial charge in [0, 0.05) is 12.5 Å². The van der Waals surface area contributed by atoms with Crippen molar-refractivity contribution in [1.29, 1.82) is 0 Å². The Morgan fingerprint density at radius 1 is 1.21 bits per heavy atom. The molecule has 0 spiro atoms. The molecule has 2 rings (SSSR count). The molecule has 1 amide bonds. The highest BCUT2D eigenvalue weighted by atomic mass is 19.1. The van der Waals surface area contributed by atoms with Crippen molar-refractivity contribution in [1.82, 2.24) is 5.32 Å². The summed E-state index contributed by atoms with van der Waals surface area (Å²) in [6, 6.07) is 6.33. The van der Waals surface area contributed by atoms with Crippen LogP contribution in [0.5, 0.6) is 0 Å². The summed E-state index contributed by atoms with van der Waals surface area (Å²) < 4.78 is 12.7. The summed E-state index contributed by atoms with van der Waals surface area (Å²) in [4.78, 5) is 11.9. The fraction of sp³-hybridized carbons (Fsp3) is 0.533. The van der Waals surface area contributed by atoms with Gasteiger partial charge < -0.3 is 10.4 Å². The molecule has 104 valence electrons. The Bertz CT molecular complexity index is 411. The summed E-state index contributed by atoms with van der Waals surface area (Å²) in [5, 5.41) is 12.3. The monoisotopic (exact) mass is 265 g/mol. The van der Waals surface area contributed by atoms with Crippen molar-refractivity contribution in [2.24, 2.45) is 5.92 Å². The van der Waals surface area contributed by atoms with Gasteiger partial charge in [-0.3, -0.25) is 4.79 Å². The van der Waals surface area contributed by atoms with Gasteiger partial charge in [0.15, 0.2) is 0 Å². The number of hydrogen-bond acceptors (Lipinski definition) is 2. The van der Waals surface area contributed by atoms with Crippen LogP contribution >= 0.6 is 0 Å². The second-order valence-corrected chi connectivity index (χ2v) is 5.17. The molecule has 0 unspecified atom stereocenters. The van der Waals surface area contributed by atoms with Crippen LogP contribution < -0.4 is 5.32 Å². The number of carbonyl (C=O) groups is 1. The first-order valence-corrected chi connectivity index (χ1v) is 6.85. The first kappa shape index (κ1) is 14.0. The van der Waals surface area contributed by atoms with E-state index in [1.54, 1.807) is 12.1 Å². The Morgan fingerprint density at radius 2 is 1.84 bits per heavy atom. The smallest absolute Gasteiger partial charge is 0.223 e. The highest BCUT2D eigenvalue weighted by molar-refractivity contribution is 5.78. The van der Waals surface area contributed by atoms with Crippen LogP contribution in [-0.2, 0) is 11.2 Å². The zero-order valence-corrected chi connectivity index (χ0v) is 10.9. The summed E-state index contributed by atoms with van der Waals surface area (Å²) in [7, 11) is 0. The van der Waals surface area contributed by atoms with Gasteiger partial charge in [0.05, 0.1) is 6.10 Å². The Kier molecular flexibility index (Phi) is 4.91. The highest BCUT2D eigenvalue weighted by Crippen LogP contribution is 2.24. The molecule has 0 atom stereocenters. The lowest BCUT2D eigenvalue weighted by Crippen LogP contribution is -2.35. The van der Waals surface area contributed by atoms with E-state index < -0.39 is 0 Å². The minimum absolute atomic E-state index is 0.0385. The summed E-state index contributed by atoms with van der Waals surface area (Å²) in [5.74, 6) is -0.126. The summed E-state index contributed by atoms with van der Waals surface area (Å²) >= 11 is 0. The molecule has 1 aromatic rings. The van der Waals surface area contributed by atoms with Gasteiger partial charge in [0.1, 0.15) is 5.82 Å². The van der Waals surface area contributed by atoms with Gasteiger partial charge in [0.2, 0.25) is 5.91 Å². The van der Waals surface area contributed by atoms with Crippen molar-refractivity contribution in [2.75, 3.05) is 6.54 Å². The fourth-order valence-corrected chi connectivity index (χ4v) is 2.46. The van der Waals surface area contributed by atoms with Crippen molar-refractivity contribution in [3.05, 3.63) is 35.6 Å². The zero-order valence-electron chi connectivity index (χ0n) is 10.9. The minimum atomic E-state index is -0.242. The predicted molar refractivity (Wildman–Crippen MR) is 71.1 cm³/mol. The maximum atomic E-state index is 12.7. The quantitative estimate of drug-likeness (QED) is 0.875. The molecule has 4 heteroatoms. The molecule has 0 aromatic heterocycles. The van der Waals surface area contributed by atoms with Gasteiger partial charge in [0.25, 0.3) is 0 Å². The minimum Gasteiger partial charge on any atom is -0.393 e. The largest absolute Gasteiger partial charge is 0.393 e. The third-order valence-electron chi connectivity index (χ3n) is 3.69. The molecule has 1 saturated carbocycles. The van der Waals surface area contributed by atoms with Crippen LogP contribution in [0.3, 0.4) is 0 Å². The molecule has 1 fully saturated rings. The Hall–Kier alpha value is -1.42. The maximum Gasteiger partial charge on any atom is 0.223 e. The second-order valence-electron chi connectivity index (χ2n) is 5.17. The van der Waals surface area contributed by atoms with E-state index in [1.807, 2.05) is 0 Å². The number of amides is 1. The Balaban J connectivity index is 1.70. The van der Waals surface area contributed by atoms with Gasteiger partial charge in [-0.15, -0.1) is 0 Å². The number of benzene rings is 1. The van der Waals surface area contributed by atoms with E-state index in [0.717, 1.165) is 31.2 Å². The van der Waals surface area contributed by atoms with Gasteiger partial charge in [-0.1, -0.05) is 12.1 Å². The van der Waals surface area contributed by atoms with Crippen molar-refractivity contribution < 1.29 is 14.3 Å². The normalized spacial score (nSPS) is 23.1. The summed E-state index contributed by atoms with van der Waals surface area (Å²) in [6.45, 7) is 0.573. The molecule has 0 saturated heterocycles. The standard InChI is InChI=1S/C15H20FNO2/c16-13-5-1-11(2-6-13)9-10-17-15(19)12-3-7-14(18)8-4-12/h1-2,5-6,12,14,18H,3-4,7-10H2,(H,17,19). The fourth-order valence-electron chi connectivity index (χ4n) is 2.46. The van der Waals surface area contributed by atoms with Crippen LogP contribution in [0, 0.1) is 11.7 Å². The molecule has 1 aromatic carbocycles. The number of halogens is 1. The Morgan fingerprint density at radius 3 is 2.47 bits per heavy atom. The molecule has 0 heterocycles. The van der Waals surface area contributed by atoms with Crippen molar-refractivity contribution >= 4 is 5.91 Å². The Labute approximate surface area is 112 Å². The third kappa shape index (κ3) is 4.31. The third-order valence-corrected chi connectivity index (χ3v) is 3.69. The SMILES string of the molecule is O=C(NCCc1ccc(F)cc1)C1CCC(O)CC1. The van der Waals surface area contributed by atoms with Crippen molar-refractivity contribution in [3.63, 3.8) is 0 Å². The number of nitrogens with one attached hydrogen (secondary N) is 1. The first-order valence-electron chi connectivity index (χ1n) is 6.85. The lowest BCUT2D eigenvalue weighted by molar-refractivity contribution is -0.126. The molecule has 19 heavy (non-hydrogen) atoms. The summed E-state index contributed by atoms with van der Waals surface area (Å²) in [6.07, 6.45) is 3.45. The topological polar surface area (TPSA) is 49.3 Å². The number of hydrogen-bond donors (Lipinski definition) is 2. The maximum absolute atomic E-state index is 12.7. The number of aliphatic hydroxyl groups excluding tert-OH is 1. The molecule has 0 radical (unpaired) electrons. The van der Waals surface area contributed by atoms with Crippen LogP contribution in [0.1, 0.15) is 31.2 Å². The number of rotatable bonds is 4. The molecule has 0 bridgehead atoms. The van der Waals surface area contributed by atoms with Gasteiger partial charge in [-0.05, 0) is 49.8 Å². The van der Waals surface area contributed by atoms with Crippen molar-refractivity contribution in [2.45, 2.75) is 38.2 Å². The zero-order chi connectivity index (χ0) is 13.7. The average Bonchev–Trinajstić information content (AvgIpc) is 2.41. The van der Waals surface area contributed by atoms with Crippen LogP contribution in [0.25, 0.3) is 0 Å². The first-order chi connectivity index (χ1) is 9.15. The molecular formula is C15H20FNO2. The highest BCUT2D eigenvalue weighted by Gasteiger charge is 2.24. The van der Waals surface area contributed by atoms with Gasteiger partial charge in [-0.25, -0.2) is 4.39 Å². The van der Waals surface area contributed by atoms with E-state index in [1.165, 1.54) is 12.1 Å². The second kappa shape index (κ2) is 6.66. The van der Waals surface area contributed by atoms with E-state index in [-0.39, 0.29) is 23.7 Å². The van der Waals surface area contributed by atoms with E-state index in [2.05, 4.69) is 5.32 Å². The molecule has 1 aliphatic carbocycles. The molecule has 0 aliphatic heterocycles. The van der Waals surface area contributed by atoms with Crippen LogP contribution in [0.2, 0.25) is 0 Å².